The van der Waals surface area contributed by atoms with Crippen molar-refractivity contribution in [2.24, 2.45) is 5.92 Å². The van der Waals surface area contributed by atoms with Crippen LogP contribution in [0.15, 0.2) is 53.4 Å². The molecule has 3 rings (SSSR count). The molecule has 0 aromatic heterocycles. The molecule has 1 aliphatic heterocycles. The summed E-state index contributed by atoms with van der Waals surface area (Å²) in [5.41, 5.74) is 0.725. The monoisotopic (exact) mass is 475 g/mol. The van der Waals surface area contributed by atoms with Crippen molar-refractivity contribution in [3.05, 3.63) is 54.1 Å². The van der Waals surface area contributed by atoms with Crippen molar-refractivity contribution in [3.63, 3.8) is 0 Å². The minimum atomic E-state index is -3.85. The molecule has 2 N–H and O–H groups in total. The molecule has 0 radical (unpaired) electrons. The van der Waals surface area contributed by atoms with Gasteiger partial charge in [0.25, 0.3) is 15.9 Å². The summed E-state index contributed by atoms with van der Waals surface area (Å²) >= 11 is 0. The molecule has 0 aliphatic carbocycles. The molecule has 178 valence electrons. The van der Waals surface area contributed by atoms with Crippen LogP contribution < -0.4 is 14.8 Å². The molecule has 0 unspecified atom stereocenters. The Hall–Kier alpha value is -3.11. The number of nitrogens with one attached hydrogen (secondary N) is 2. The van der Waals surface area contributed by atoms with E-state index in [-0.39, 0.29) is 22.6 Å². The number of rotatable bonds is 9. The van der Waals surface area contributed by atoms with Gasteiger partial charge in [-0.25, -0.2) is 8.42 Å². The van der Waals surface area contributed by atoms with Gasteiger partial charge < -0.3 is 19.7 Å². The lowest BCUT2D eigenvalue weighted by Gasteiger charge is -2.31. The van der Waals surface area contributed by atoms with Crippen LogP contribution in [0.2, 0.25) is 0 Å². The first-order chi connectivity index (χ1) is 15.9. The standard InChI is InChI=1S/C23H29N3O6S/c1-31-16-13-24-22(27)17-11-14-26(15-12-17)23(28)18-7-9-19(10-8-18)33(29,30)25-20-5-3-4-6-21(20)32-2/h3-10,17,25H,11-16H2,1-2H3,(H,24,27). The van der Waals surface area contributed by atoms with Crippen LogP contribution in [0.4, 0.5) is 5.69 Å². The average Bonchev–Trinajstić information content (AvgIpc) is 2.84. The maximum absolute atomic E-state index is 12.8. The summed E-state index contributed by atoms with van der Waals surface area (Å²) in [6.07, 6.45) is 1.17. The Bertz CT molecular complexity index is 1060. The summed E-state index contributed by atoms with van der Waals surface area (Å²) in [6.45, 7) is 1.87. The van der Waals surface area contributed by atoms with Crippen LogP contribution in [0.25, 0.3) is 0 Å². The van der Waals surface area contributed by atoms with E-state index in [1.165, 1.54) is 31.4 Å². The van der Waals surface area contributed by atoms with E-state index >= 15 is 0 Å². The number of amides is 2. The van der Waals surface area contributed by atoms with Crippen LogP contribution in [0.5, 0.6) is 5.75 Å². The molecule has 1 heterocycles. The predicted molar refractivity (Wildman–Crippen MR) is 124 cm³/mol. The van der Waals surface area contributed by atoms with Crippen molar-refractivity contribution in [1.29, 1.82) is 0 Å². The highest BCUT2D eigenvalue weighted by molar-refractivity contribution is 7.92. The molecule has 2 aromatic rings. The van der Waals surface area contributed by atoms with Gasteiger partial charge in [-0.2, -0.15) is 0 Å². The molecule has 2 amide bonds. The van der Waals surface area contributed by atoms with E-state index in [1.807, 2.05) is 0 Å². The van der Waals surface area contributed by atoms with Crippen LogP contribution in [-0.2, 0) is 19.6 Å². The minimum Gasteiger partial charge on any atom is -0.495 e. The summed E-state index contributed by atoms with van der Waals surface area (Å²) in [6, 6.07) is 12.5. The average molecular weight is 476 g/mol. The molecule has 2 aromatic carbocycles. The number of carbonyl (C=O) groups excluding carboxylic acids is 2. The van der Waals surface area contributed by atoms with Crippen LogP contribution in [0, 0.1) is 5.92 Å². The van der Waals surface area contributed by atoms with Crippen molar-refractivity contribution < 1.29 is 27.5 Å². The molecule has 0 bridgehead atoms. The number of piperidine rings is 1. The number of benzene rings is 2. The van der Waals surface area contributed by atoms with Gasteiger partial charge in [0.05, 0.1) is 24.3 Å². The van der Waals surface area contributed by atoms with Gasteiger partial charge in [-0.15, -0.1) is 0 Å². The Balaban J connectivity index is 1.60. The van der Waals surface area contributed by atoms with Crippen LogP contribution >= 0.6 is 0 Å². The Morgan fingerprint density at radius 1 is 1.03 bits per heavy atom. The van der Waals surface area contributed by atoms with E-state index in [1.54, 1.807) is 36.3 Å². The van der Waals surface area contributed by atoms with Crippen molar-refractivity contribution in [3.8, 4) is 5.75 Å². The van der Waals surface area contributed by atoms with Gasteiger partial charge in [0.1, 0.15) is 5.75 Å². The van der Waals surface area contributed by atoms with E-state index in [0.717, 1.165) is 0 Å². The van der Waals surface area contributed by atoms with Gasteiger partial charge in [-0.05, 0) is 49.2 Å². The summed E-state index contributed by atoms with van der Waals surface area (Å²) in [5.74, 6) is 0.0780. The molecule has 0 spiro atoms. The fraction of sp³-hybridized carbons (Fsp3) is 0.391. The third-order valence-corrected chi connectivity index (χ3v) is 6.90. The van der Waals surface area contributed by atoms with Crippen LogP contribution in [-0.4, -0.2) is 65.6 Å². The van der Waals surface area contributed by atoms with Crippen molar-refractivity contribution >= 4 is 27.5 Å². The molecule has 10 heteroatoms. The summed E-state index contributed by atoms with van der Waals surface area (Å²) in [5, 5.41) is 2.84. The van der Waals surface area contributed by atoms with Gasteiger partial charge in [-0.3, -0.25) is 14.3 Å². The van der Waals surface area contributed by atoms with E-state index in [2.05, 4.69) is 10.0 Å². The minimum absolute atomic E-state index is 0.0174. The highest BCUT2D eigenvalue weighted by Gasteiger charge is 2.28. The second kappa shape index (κ2) is 11.2. The summed E-state index contributed by atoms with van der Waals surface area (Å²) in [4.78, 5) is 26.8. The van der Waals surface area contributed by atoms with Crippen LogP contribution in [0.1, 0.15) is 23.2 Å². The number of nitrogens with zero attached hydrogens (tertiary/aromatic N) is 1. The van der Waals surface area contributed by atoms with Crippen LogP contribution in [0.3, 0.4) is 0 Å². The summed E-state index contributed by atoms with van der Waals surface area (Å²) in [7, 11) is -0.807. The number of para-hydroxylation sites is 2. The zero-order valence-electron chi connectivity index (χ0n) is 18.7. The lowest BCUT2D eigenvalue weighted by atomic mass is 9.95. The molecule has 33 heavy (non-hydrogen) atoms. The first kappa shape index (κ1) is 24.5. The number of hydrogen-bond donors (Lipinski definition) is 2. The molecular formula is C23H29N3O6S. The van der Waals surface area contributed by atoms with Gasteiger partial charge in [0.15, 0.2) is 0 Å². The largest absolute Gasteiger partial charge is 0.495 e. The predicted octanol–water partition coefficient (Wildman–Crippen LogP) is 2.11. The Morgan fingerprint density at radius 2 is 1.70 bits per heavy atom. The maximum Gasteiger partial charge on any atom is 0.262 e. The van der Waals surface area contributed by atoms with Crippen molar-refractivity contribution in [1.82, 2.24) is 10.2 Å². The Labute approximate surface area is 194 Å². The Morgan fingerprint density at radius 3 is 2.33 bits per heavy atom. The molecule has 1 aliphatic rings. The lowest BCUT2D eigenvalue weighted by molar-refractivity contribution is -0.126. The number of carbonyl (C=O) groups is 2. The van der Waals surface area contributed by atoms with Crippen molar-refractivity contribution in [2.75, 3.05) is 45.2 Å². The molecule has 1 fully saturated rings. The van der Waals surface area contributed by atoms with Gasteiger partial charge in [0.2, 0.25) is 5.91 Å². The third-order valence-electron chi connectivity index (χ3n) is 5.52. The number of anilines is 1. The highest BCUT2D eigenvalue weighted by atomic mass is 32.2. The maximum atomic E-state index is 12.8. The molecule has 1 saturated heterocycles. The Kier molecular flexibility index (Phi) is 8.29. The SMILES string of the molecule is COCCNC(=O)C1CCN(C(=O)c2ccc(S(=O)(=O)Nc3ccccc3OC)cc2)CC1. The normalized spacial score (nSPS) is 14.5. The molecule has 0 atom stereocenters. The fourth-order valence-electron chi connectivity index (χ4n) is 3.66. The highest BCUT2D eigenvalue weighted by Crippen LogP contribution is 2.26. The number of hydrogen-bond acceptors (Lipinski definition) is 6. The second-order valence-electron chi connectivity index (χ2n) is 7.68. The topological polar surface area (TPSA) is 114 Å². The molecular weight excluding hydrogens is 446 g/mol. The van der Waals surface area contributed by atoms with E-state index in [9.17, 15) is 18.0 Å². The number of ether oxygens (including phenoxy) is 2. The first-order valence-corrected chi connectivity index (χ1v) is 12.2. The molecule has 0 saturated carbocycles. The zero-order chi connectivity index (χ0) is 23.8. The number of sulfonamides is 1. The van der Waals surface area contributed by atoms with Gasteiger partial charge >= 0.3 is 0 Å². The quantitative estimate of drug-likeness (QED) is 0.537. The number of methoxy groups -OCH3 is 2. The second-order valence-corrected chi connectivity index (χ2v) is 9.36. The fourth-order valence-corrected chi connectivity index (χ4v) is 4.73. The van der Waals surface area contributed by atoms with E-state index in [0.29, 0.717) is 56.1 Å². The lowest BCUT2D eigenvalue weighted by Crippen LogP contribution is -2.43. The van der Waals surface area contributed by atoms with E-state index in [4.69, 9.17) is 9.47 Å². The third kappa shape index (κ3) is 6.23. The smallest absolute Gasteiger partial charge is 0.262 e. The van der Waals surface area contributed by atoms with Gasteiger partial charge in [0, 0.05) is 38.2 Å². The zero-order valence-corrected chi connectivity index (χ0v) is 19.6. The van der Waals surface area contributed by atoms with Crippen molar-refractivity contribution in [2.45, 2.75) is 17.7 Å². The van der Waals surface area contributed by atoms with Gasteiger partial charge in [-0.1, -0.05) is 12.1 Å². The number of likely N-dealkylation sites (tertiary alicyclic amines) is 1. The first-order valence-electron chi connectivity index (χ1n) is 10.7. The molecule has 9 nitrogen and oxygen atoms in total. The summed E-state index contributed by atoms with van der Waals surface area (Å²) < 4.78 is 38.1. The van der Waals surface area contributed by atoms with E-state index < -0.39 is 10.0 Å².